The Bertz CT molecular complexity index is 1000. The van der Waals surface area contributed by atoms with Crippen molar-refractivity contribution in [2.24, 2.45) is 9.98 Å². The van der Waals surface area contributed by atoms with Crippen LogP contribution in [0.1, 0.15) is 28.8 Å². The van der Waals surface area contributed by atoms with Gasteiger partial charge in [0.1, 0.15) is 25.3 Å². The highest BCUT2D eigenvalue weighted by atomic mass is 16.5. The van der Waals surface area contributed by atoms with E-state index in [2.05, 4.69) is 53.4 Å². The molecule has 3 aromatic rings. The Morgan fingerprint density at radius 1 is 0.594 bits per heavy atom. The second kappa shape index (κ2) is 9.79. The minimum absolute atomic E-state index is 0.0623. The van der Waals surface area contributed by atoms with E-state index < -0.39 is 0 Å². The van der Waals surface area contributed by atoms with Gasteiger partial charge in [-0.05, 0) is 16.7 Å². The van der Waals surface area contributed by atoms with Gasteiger partial charge in [0.25, 0.3) is 0 Å². The van der Waals surface area contributed by atoms with Crippen LogP contribution >= 0.6 is 0 Å². The van der Waals surface area contributed by atoms with Crippen LogP contribution in [0, 0.1) is 0 Å². The van der Waals surface area contributed by atoms with Crippen molar-refractivity contribution in [1.82, 2.24) is 4.90 Å². The van der Waals surface area contributed by atoms with Crippen LogP contribution in [0.15, 0.2) is 101 Å². The number of ether oxygens (including phenoxy) is 2. The number of nitrogens with zero attached hydrogens (tertiary/aromatic N) is 3. The molecule has 2 aliphatic heterocycles. The molecule has 3 aromatic carbocycles. The SMILES string of the molecule is c1ccc(CN(CC2=N[C@H](c3ccccc3)CO2)CC2=N[C@H](c3ccccc3)CO2)cc1. The van der Waals surface area contributed by atoms with E-state index in [1.54, 1.807) is 0 Å². The Kier molecular flexibility index (Phi) is 6.26. The highest BCUT2D eigenvalue weighted by Crippen LogP contribution is 2.25. The van der Waals surface area contributed by atoms with Gasteiger partial charge in [-0.3, -0.25) is 4.90 Å². The Hall–Kier alpha value is -3.44. The summed E-state index contributed by atoms with van der Waals surface area (Å²) in [4.78, 5) is 12.0. The normalized spacial score (nSPS) is 19.9. The summed E-state index contributed by atoms with van der Waals surface area (Å²) in [6.45, 7) is 3.20. The van der Waals surface area contributed by atoms with E-state index in [1.165, 1.54) is 16.7 Å². The molecule has 5 heteroatoms. The molecule has 0 amide bonds. The predicted octanol–water partition coefficient (Wildman–Crippen LogP) is 4.83. The first-order valence-corrected chi connectivity index (χ1v) is 11.1. The van der Waals surface area contributed by atoms with Gasteiger partial charge in [-0.25, -0.2) is 9.98 Å². The quantitative estimate of drug-likeness (QED) is 0.519. The molecule has 0 aromatic heterocycles. The zero-order valence-corrected chi connectivity index (χ0v) is 18.0. The summed E-state index contributed by atoms with van der Waals surface area (Å²) in [7, 11) is 0. The van der Waals surface area contributed by atoms with Gasteiger partial charge in [0.05, 0.1) is 13.1 Å². The summed E-state index contributed by atoms with van der Waals surface area (Å²) in [5.74, 6) is 1.54. The third-order valence-corrected chi connectivity index (χ3v) is 5.75. The van der Waals surface area contributed by atoms with Gasteiger partial charge in [0.15, 0.2) is 11.8 Å². The molecule has 2 heterocycles. The molecule has 0 unspecified atom stereocenters. The average Bonchev–Trinajstić information content (AvgIpc) is 3.51. The van der Waals surface area contributed by atoms with Crippen molar-refractivity contribution in [3.8, 4) is 0 Å². The lowest BCUT2D eigenvalue weighted by molar-refractivity contribution is 0.256. The minimum Gasteiger partial charge on any atom is -0.477 e. The molecule has 0 fully saturated rings. The Morgan fingerprint density at radius 3 is 1.50 bits per heavy atom. The van der Waals surface area contributed by atoms with Crippen molar-refractivity contribution in [3.63, 3.8) is 0 Å². The Labute approximate surface area is 189 Å². The monoisotopic (exact) mass is 425 g/mol. The summed E-state index contributed by atoms with van der Waals surface area (Å²) in [5, 5.41) is 0. The topological polar surface area (TPSA) is 46.4 Å². The van der Waals surface area contributed by atoms with E-state index >= 15 is 0 Å². The summed E-state index contributed by atoms with van der Waals surface area (Å²) in [6.07, 6.45) is 0. The lowest BCUT2D eigenvalue weighted by Gasteiger charge is -2.21. The standard InChI is InChI=1S/C27H27N3O2/c1-4-10-21(11-5-1)16-30(17-26-28-24(19-31-26)22-12-6-2-7-13-22)18-27-29-25(20-32-27)23-14-8-3-9-15-23/h1-15,24-25H,16-20H2/t24-,25-/m0/s1. The zero-order chi connectivity index (χ0) is 21.6. The maximum absolute atomic E-state index is 5.97. The molecular weight excluding hydrogens is 398 g/mol. The molecule has 2 aliphatic rings. The van der Waals surface area contributed by atoms with Crippen LogP contribution in [0.3, 0.4) is 0 Å². The highest BCUT2D eigenvalue weighted by Gasteiger charge is 2.26. The van der Waals surface area contributed by atoms with Crippen LogP contribution in [0.2, 0.25) is 0 Å². The number of rotatable bonds is 8. The molecule has 0 saturated heterocycles. The summed E-state index contributed by atoms with van der Waals surface area (Å²) < 4.78 is 11.9. The van der Waals surface area contributed by atoms with Gasteiger partial charge in [-0.15, -0.1) is 0 Å². The van der Waals surface area contributed by atoms with E-state index in [0.29, 0.717) is 26.3 Å². The van der Waals surface area contributed by atoms with Gasteiger partial charge < -0.3 is 9.47 Å². The Balaban J connectivity index is 1.30. The van der Waals surface area contributed by atoms with Gasteiger partial charge >= 0.3 is 0 Å². The van der Waals surface area contributed by atoms with Crippen molar-refractivity contribution in [2.45, 2.75) is 18.6 Å². The minimum atomic E-state index is 0.0623. The van der Waals surface area contributed by atoms with Crippen molar-refractivity contribution in [3.05, 3.63) is 108 Å². The average molecular weight is 426 g/mol. The molecule has 0 spiro atoms. The van der Waals surface area contributed by atoms with Gasteiger partial charge in [0, 0.05) is 6.54 Å². The maximum Gasteiger partial charge on any atom is 0.198 e. The highest BCUT2D eigenvalue weighted by molar-refractivity contribution is 5.83. The summed E-state index contributed by atoms with van der Waals surface area (Å²) in [6, 6.07) is 31.2. The molecular formula is C27H27N3O2. The lowest BCUT2D eigenvalue weighted by atomic mass is 10.1. The van der Waals surface area contributed by atoms with Crippen molar-refractivity contribution in [2.75, 3.05) is 26.3 Å². The third-order valence-electron chi connectivity index (χ3n) is 5.75. The maximum atomic E-state index is 5.97. The number of hydrogen-bond donors (Lipinski definition) is 0. The van der Waals surface area contributed by atoms with E-state index in [-0.39, 0.29) is 12.1 Å². The van der Waals surface area contributed by atoms with Gasteiger partial charge in [-0.1, -0.05) is 91.0 Å². The predicted molar refractivity (Wildman–Crippen MR) is 127 cm³/mol. The fraction of sp³-hybridized carbons (Fsp3) is 0.259. The number of aliphatic imine (C=N–C) groups is 2. The smallest absolute Gasteiger partial charge is 0.198 e. The first kappa shape index (κ1) is 20.5. The van der Waals surface area contributed by atoms with Crippen molar-refractivity contribution < 1.29 is 9.47 Å². The van der Waals surface area contributed by atoms with Crippen LogP contribution in [-0.4, -0.2) is 43.0 Å². The van der Waals surface area contributed by atoms with Crippen molar-refractivity contribution in [1.29, 1.82) is 0 Å². The Morgan fingerprint density at radius 2 is 1.03 bits per heavy atom. The van der Waals surface area contributed by atoms with E-state index in [4.69, 9.17) is 19.5 Å². The first-order valence-electron chi connectivity index (χ1n) is 11.1. The molecule has 32 heavy (non-hydrogen) atoms. The van der Waals surface area contributed by atoms with E-state index in [0.717, 1.165) is 18.3 Å². The fourth-order valence-corrected chi connectivity index (χ4v) is 4.10. The molecule has 0 aliphatic carbocycles. The molecule has 5 nitrogen and oxygen atoms in total. The second-order valence-electron chi connectivity index (χ2n) is 8.15. The van der Waals surface area contributed by atoms with Crippen LogP contribution < -0.4 is 0 Å². The third kappa shape index (κ3) is 5.06. The van der Waals surface area contributed by atoms with Crippen LogP contribution in [-0.2, 0) is 16.0 Å². The molecule has 0 N–H and O–H groups in total. The van der Waals surface area contributed by atoms with Gasteiger partial charge in [0.2, 0.25) is 0 Å². The molecule has 162 valence electrons. The van der Waals surface area contributed by atoms with Crippen molar-refractivity contribution >= 4 is 11.8 Å². The van der Waals surface area contributed by atoms with Gasteiger partial charge in [-0.2, -0.15) is 0 Å². The molecule has 0 radical (unpaired) electrons. The second-order valence-corrected chi connectivity index (χ2v) is 8.15. The number of hydrogen-bond acceptors (Lipinski definition) is 5. The van der Waals surface area contributed by atoms with Crippen LogP contribution in [0.4, 0.5) is 0 Å². The molecule has 0 bridgehead atoms. The fourth-order valence-electron chi connectivity index (χ4n) is 4.10. The summed E-state index contributed by atoms with van der Waals surface area (Å²) in [5.41, 5.74) is 3.61. The first-order chi connectivity index (χ1) is 15.8. The number of benzene rings is 3. The van der Waals surface area contributed by atoms with Crippen LogP contribution in [0.5, 0.6) is 0 Å². The molecule has 5 rings (SSSR count). The lowest BCUT2D eigenvalue weighted by Crippen LogP contribution is -2.34. The van der Waals surface area contributed by atoms with E-state index in [9.17, 15) is 0 Å². The van der Waals surface area contributed by atoms with Crippen LogP contribution in [0.25, 0.3) is 0 Å². The molecule has 0 saturated carbocycles. The summed E-state index contributed by atoms with van der Waals surface area (Å²) >= 11 is 0. The molecule has 2 atom stereocenters. The van der Waals surface area contributed by atoms with E-state index in [1.807, 2.05) is 42.5 Å². The largest absolute Gasteiger partial charge is 0.477 e. The zero-order valence-electron chi connectivity index (χ0n) is 18.0.